The van der Waals surface area contributed by atoms with E-state index in [0.717, 1.165) is 0 Å². The van der Waals surface area contributed by atoms with Gasteiger partial charge in [-0.1, -0.05) is 28.1 Å². The standard InChI is InChI=1S/C13H11BrF3NO3/c1-2-20-11(19)5-8-3-4-9(6-14)12(10(8)7-18)21-13(15,16)17/h3-4H,2,5-6H2,1H3. The number of esters is 1. The summed E-state index contributed by atoms with van der Waals surface area (Å²) >= 11 is 3.03. The van der Waals surface area contributed by atoms with Crippen molar-refractivity contribution in [2.45, 2.75) is 25.0 Å². The van der Waals surface area contributed by atoms with Crippen LogP contribution in [-0.4, -0.2) is 18.9 Å². The lowest BCUT2D eigenvalue weighted by molar-refractivity contribution is -0.275. The van der Waals surface area contributed by atoms with Crippen LogP contribution in [0.15, 0.2) is 12.1 Å². The van der Waals surface area contributed by atoms with Gasteiger partial charge in [-0.3, -0.25) is 4.79 Å². The van der Waals surface area contributed by atoms with Crippen LogP contribution in [0.2, 0.25) is 0 Å². The molecule has 0 radical (unpaired) electrons. The second-order valence-electron chi connectivity index (χ2n) is 3.86. The summed E-state index contributed by atoms with van der Waals surface area (Å²) in [5, 5.41) is 9.17. The van der Waals surface area contributed by atoms with Gasteiger partial charge in [-0.15, -0.1) is 13.2 Å². The Bertz CT molecular complexity index is 567. The minimum Gasteiger partial charge on any atom is -0.466 e. The second-order valence-corrected chi connectivity index (χ2v) is 4.42. The van der Waals surface area contributed by atoms with Crippen LogP contribution in [-0.2, 0) is 21.3 Å². The predicted octanol–water partition coefficient (Wildman–Crippen LogP) is 3.46. The molecule has 0 heterocycles. The number of benzene rings is 1. The predicted molar refractivity (Wildman–Crippen MR) is 70.8 cm³/mol. The maximum atomic E-state index is 12.5. The fourth-order valence-corrected chi connectivity index (χ4v) is 2.08. The van der Waals surface area contributed by atoms with Crippen molar-refractivity contribution < 1.29 is 27.4 Å². The number of rotatable bonds is 5. The second kappa shape index (κ2) is 7.31. The fraction of sp³-hybridized carbons (Fsp3) is 0.385. The van der Waals surface area contributed by atoms with Crippen molar-refractivity contribution in [3.63, 3.8) is 0 Å². The topological polar surface area (TPSA) is 59.3 Å². The summed E-state index contributed by atoms with van der Waals surface area (Å²) in [6.45, 7) is 1.75. The smallest absolute Gasteiger partial charge is 0.466 e. The Balaban J connectivity index is 3.26. The fourth-order valence-electron chi connectivity index (χ4n) is 1.64. The highest BCUT2D eigenvalue weighted by Crippen LogP contribution is 2.33. The van der Waals surface area contributed by atoms with Gasteiger partial charge in [0.05, 0.1) is 18.6 Å². The van der Waals surface area contributed by atoms with Crippen LogP contribution in [0, 0.1) is 11.3 Å². The summed E-state index contributed by atoms with van der Waals surface area (Å²) in [6.07, 6.45) is -5.22. The van der Waals surface area contributed by atoms with Gasteiger partial charge in [-0.2, -0.15) is 5.26 Å². The molecule has 0 N–H and O–H groups in total. The first-order valence-electron chi connectivity index (χ1n) is 5.84. The molecule has 0 saturated carbocycles. The van der Waals surface area contributed by atoms with Crippen molar-refractivity contribution in [3.05, 3.63) is 28.8 Å². The monoisotopic (exact) mass is 365 g/mol. The van der Waals surface area contributed by atoms with Crippen molar-refractivity contribution in [3.8, 4) is 11.8 Å². The molecule has 0 aliphatic heterocycles. The van der Waals surface area contributed by atoms with E-state index in [9.17, 15) is 18.0 Å². The number of alkyl halides is 4. The molecule has 1 aromatic carbocycles. The first-order chi connectivity index (χ1) is 9.82. The van der Waals surface area contributed by atoms with Crippen LogP contribution in [0.25, 0.3) is 0 Å². The summed E-state index contributed by atoms with van der Waals surface area (Å²) in [5.74, 6) is -1.22. The van der Waals surface area contributed by atoms with E-state index in [1.165, 1.54) is 12.1 Å². The summed E-state index contributed by atoms with van der Waals surface area (Å²) < 4.78 is 46.0. The molecule has 4 nitrogen and oxygen atoms in total. The molecule has 0 unspecified atom stereocenters. The van der Waals surface area contributed by atoms with E-state index in [0.29, 0.717) is 0 Å². The summed E-state index contributed by atoms with van der Waals surface area (Å²) in [5.41, 5.74) is -0.0336. The summed E-state index contributed by atoms with van der Waals surface area (Å²) in [4.78, 5) is 11.4. The normalized spacial score (nSPS) is 10.9. The summed E-state index contributed by atoms with van der Waals surface area (Å²) in [7, 11) is 0. The molecule has 0 aliphatic carbocycles. The molecular formula is C13H11BrF3NO3. The molecule has 0 aliphatic rings. The SMILES string of the molecule is CCOC(=O)Cc1ccc(CBr)c(OC(F)(F)F)c1C#N. The van der Waals surface area contributed by atoms with Crippen LogP contribution >= 0.6 is 15.9 Å². The zero-order chi connectivity index (χ0) is 16.0. The Kier molecular flexibility index (Phi) is 6.03. The molecular weight excluding hydrogens is 355 g/mol. The van der Waals surface area contributed by atoms with Crippen LogP contribution in [0.1, 0.15) is 23.6 Å². The van der Waals surface area contributed by atoms with Crippen LogP contribution in [0.5, 0.6) is 5.75 Å². The van der Waals surface area contributed by atoms with E-state index in [1.54, 1.807) is 13.0 Å². The number of hydrogen-bond donors (Lipinski definition) is 0. The van der Waals surface area contributed by atoms with Crippen molar-refractivity contribution in [2.24, 2.45) is 0 Å². The van der Waals surface area contributed by atoms with Gasteiger partial charge in [0, 0.05) is 10.9 Å². The van der Waals surface area contributed by atoms with Crippen LogP contribution < -0.4 is 4.74 Å². The number of carbonyl (C=O) groups excluding carboxylic acids is 1. The number of carbonyl (C=O) groups is 1. The first kappa shape index (κ1) is 17.3. The molecule has 114 valence electrons. The lowest BCUT2D eigenvalue weighted by Gasteiger charge is -2.15. The molecule has 1 aromatic rings. The van der Waals surface area contributed by atoms with Gasteiger partial charge in [-0.05, 0) is 12.5 Å². The Morgan fingerprint density at radius 3 is 2.48 bits per heavy atom. The molecule has 1 rings (SSSR count). The Labute approximate surface area is 127 Å². The third kappa shape index (κ3) is 4.93. The molecule has 0 atom stereocenters. The molecule has 0 fully saturated rings. The van der Waals surface area contributed by atoms with Gasteiger partial charge in [0.15, 0.2) is 5.75 Å². The first-order valence-corrected chi connectivity index (χ1v) is 6.96. The quantitative estimate of drug-likeness (QED) is 0.592. The molecule has 0 aromatic heterocycles. The Hall–Kier alpha value is -1.75. The van der Waals surface area contributed by atoms with E-state index in [1.807, 2.05) is 0 Å². The highest BCUT2D eigenvalue weighted by molar-refractivity contribution is 9.08. The minimum absolute atomic E-state index is 0.0762. The van der Waals surface area contributed by atoms with Gasteiger partial charge < -0.3 is 9.47 Å². The maximum absolute atomic E-state index is 12.5. The molecule has 0 saturated heterocycles. The largest absolute Gasteiger partial charge is 0.573 e. The Morgan fingerprint density at radius 1 is 1.38 bits per heavy atom. The zero-order valence-electron chi connectivity index (χ0n) is 11.0. The molecule has 8 heteroatoms. The summed E-state index contributed by atoms with van der Waals surface area (Å²) in [6, 6.07) is 4.43. The van der Waals surface area contributed by atoms with E-state index in [2.05, 4.69) is 20.7 Å². The van der Waals surface area contributed by atoms with Gasteiger partial charge in [-0.25, -0.2) is 0 Å². The average molecular weight is 366 g/mol. The van der Waals surface area contributed by atoms with Crippen molar-refractivity contribution >= 4 is 21.9 Å². The van der Waals surface area contributed by atoms with Gasteiger partial charge in [0.25, 0.3) is 0 Å². The number of nitriles is 1. The number of ether oxygens (including phenoxy) is 2. The number of hydrogen-bond acceptors (Lipinski definition) is 4. The third-order valence-corrected chi connectivity index (χ3v) is 3.04. The lowest BCUT2D eigenvalue weighted by atomic mass is 10.0. The third-order valence-electron chi connectivity index (χ3n) is 2.44. The molecule has 0 spiro atoms. The van der Waals surface area contributed by atoms with Gasteiger partial charge in [0.1, 0.15) is 6.07 Å². The molecule has 0 amide bonds. The molecule has 21 heavy (non-hydrogen) atoms. The minimum atomic E-state index is -4.93. The van der Waals surface area contributed by atoms with E-state index >= 15 is 0 Å². The Morgan fingerprint density at radius 2 is 2.00 bits per heavy atom. The lowest BCUT2D eigenvalue weighted by Crippen LogP contribution is -2.19. The highest BCUT2D eigenvalue weighted by Gasteiger charge is 2.34. The number of nitrogens with zero attached hydrogens (tertiary/aromatic N) is 1. The van der Waals surface area contributed by atoms with E-state index in [4.69, 9.17) is 10.00 Å². The highest BCUT2D eigenvalue weighted by atomic mass is 79.9. The van der Waals surface area contributed by atoms with Crippen molar-refractivity contribution in [1.82, 2.24) is 0 Å². The van der Waals surface area contributed by atoms with Crippen molar-refractivity contribution in [1.29, 1.82) is 5.26 Å². The number of halogens is 4. The van der Waals surface area contributed by atoms with Crippen molar-refractivity contribution in [2.75, 3.05) is 6.61 Å². The molecule has 0 bridgehead atoms. The van der Waals surface area contributed by atoms with Gasteiger partial charge >= 0.3 is 12.3 Å². The van der Waals surface area contributed by atoms with Gasteiger partial charge in [0.2, 0.25) is 0 Å². The average Bonchev–Trinajstić information content (AvgIpc) is 2.37. The van der Waals surface area contributed by atoms with Crippen LogP contribution in [0.4, 0.5) is 13.2 Å². The van der Waals surface area contributed by atoms with Crippen LogP contribution in [0.3, 0.4) is 0 Å². The van der Waals surface area contributed by atoms with E-state index in [-0.39, 0.29) is 35.0 Å². The zero-order valence-corrected chi connectivity index (χ0v) is 12.5. The van der Waals surface area contributed by atoms with E-state index < -0.39 is 18.1 Å². The maximum Gasteiger partial charge on any atom is 0.573 e.